The number of hydrogen-bond donors (Lipinski definition) is 1. The second-order valence-electron chi connectivity index (χ2n) is 5.19. The largest absolute Gasteiger partial charge is 0.318 e. The van der Waals surface area contributed by atoms with E-state index in [9.17, 15) is 4.79 Å². The van der Waals surface area contributed by atoms with Crippen LogP contribution in [0.3, 0.4) is 0 Å². The number of para-hydroxylation sites is 1. The highest BCUT2D eigenvalue weighted by molar-refractivity contribution is 7.80. The molecule has 0 saturated heterocycles. The van der Waals surface area contributed by atoms with E-state index in [2.05, 4.69) is 11.4 Å². The number of halogens is 1. The summed E-state index contributed by atoms with van der Waals surface area (Å²) < 4.78 is 0. The average molecular weight is 331 g/mol. The Balaban J connectivity index is 1.62. The number of rotatable bonds is 2. The van der Waals surface area contributed by atoms with Crippen LogP contribution in [0.2, 0.25) is 5.02 Å². The molecule has 1 aliphatic rings. The lowest BCUT2D eigenvalue weighted by atomic mass is 10.1. The minimum absolute atomic E-state index is 0.114. The van der Waals surface area contributed by atoms with Gasteiger partial charge in [0.1, 0.15) is 0 Å². The molecule has 2 aromatic rings. The van der Waals surface area contributed by atoms with Crippen LogP contribution in [-0.4, -0.2) is 17.6 Å². The van der Waals surface area contributed by atoms with Gasteiger partial charge < -0.3 is 10.2 Å². The standard InChI is InChI=1S/C17H15ClN2OS/c18-14-7-5-12(6-8-14)11-16(21)19-17(22)20-10-9-13-3-1-2-4-15(13)20/h1-8H,9-11H2,(H,19,21,22). The normalized spacial score (nSPS) is 12.9. The lowest BCUT2D eigenvalue weighted by Crippen LogP contribution is -2.42. The van der Waals surface area contributed by atoms with E-state index in [1.165, 1.54) is 5.56 Å². The van der Waals surface area contributed by atoms with Gasteiger partial charge in [0.15, 0.2) is 5.11 Å². The first-order valence-corrected chi connectivity index (χ1v) is 7.86. The fraction of sp³-hybridized carbons (Fsp3) is 0.176. The molecule has 0 radical (unpaired) electrons. The van der Waals surface area contributed by atoms with E-state index >= 15 is 0 Å². The molecule has 0 bridgehead atoms. The molecule has 2 aromatic carbocycles. The third-order valence-corrected chi connectivity index (χ3v) is 4.23. The molecule has 0 saturated carbocycles. The molecule has 3 nitrogen and oxygen atoms in total. The second-order valence-corrected chi connectivity index (χ2v) is 6.01. The number of thiocarbonyl (C=S) groups is 1. The number of nitrogens with zero attached hydrogens (tertiary/aromatic N) is 1. The maximum Gasteiger partial charge on any atom is 0.230 e. The molecule has 0 spiro atoms. The van der Waals surface area contributed by atoms with Crippen LogP contribution in [0.1, 0.15) is 11.1 Å². The van der Waals surface area contributed by atoms with Crippen LogP contribution in [0, 0.1) is 0 Å². The number of benzene rings is 2. The molecule has 0 fully saturated rings. The van der Waals surface area contributed by atoms with Gasteiger partial charge in [-0.15, -0.1) is 0 Å². The molecule has 1 aliphatic heterocycles. The first-order valence-electron chi connectivity index (χ1n) is 7.07. The first-order chi connectivity index (χ1) is 10.6. The van der Waals surface area contributed by atoms with Crippen molar-refractivity contribution in [1.82, 2.24) is 5.32 Å². The molecule has 1 amide bonds. The SMILES string of the molecule is O=C(Cc1ccc(Cl)cc1)NC(=S)N1CCc2ccccc21. The number of fused-ring (bicyclic) bond motifs is 1. The maximum absolute atomic E-state index is 12.1. The van der Waals surface area contributed by atoms with Crippen molar-refractivity contribution in [3.8, 4) is 0 Å². The fourth-order valence-electron chi connectivity index (χ4n) is 2.57. The topological polar surface area (TPSA) is 32.3 Å². The van der Waals surface area contributed by atoms with E-state index < -0.39 is 0 Å². The summed E-state index contributed by atoms with van der Waals surface area (Å²) in [7, 11) is 0. The number of nitrogens with one attached hydrogen (secondary N) is 1. The van der Waals surface area contributed by atoms with Crippen LogP contribution in [0.25, 0.3) is 0 Å². The molecule has 0 aromatic heterocycles. The van der Waals surface area contributed by atoms with Crippen molar-refractivity contribution in [2.75, 3.05) is 11.4 Å². The van der Waals surface area contributed by atoms with Gasteiger partial charge in [-0.25, -0.2) is 0 Å². The zero-order valence-corrected chi connectivity index (χ0v) is 13.5. The van der Waals surface area contributed by atoms with Crippen LogP contribution in [0.15, 0.2) is 48.5 Å². The van der Waals surface area contributed by atoms with Crippen molar-refractivity contribution >= 4 is 40.5 Å². The third kappa shape index (κ3) is 3.29. The number of anilines is 1. The highest BCUT2D eigenvalue weighted by Crippen LogP contribution is 2.27. The van der Waals surface area contributed by atoms with Crippen molar-refractivity contribution < 1.29 is 4.79 Å². The Kier molecular flexibility index (Phi) is 4.41. The summed E-state index contributed by atoms with van der Waals surface area (Å²) in [5.74, 6) is -0.114. The Labute approximate surface area is 139 Å². The lowest BCUT2D eigenvalue weighted by molar-refractivity contribution is -0.119. The monoisotopic (exact) mass is 330 g/mol. The molecule has 0 atom stereocenters. The Morgan fingerprint density at radius 1 is 1.18 bits per heavy atom. The second kappa shape index (κ2) is 6.46. The zero-order chi connectivity index (χ0) is 15.5. The van der Waals surface area contributed by atoms with Gasteiger partial charge in [-0.1, -0.05) is 41.9 Å². The smallest absolute Gasteiger partial charge is 0.230 e. The molecule has 1 heterocycles. The van der Waals surface area contributed by atoms with Crippen molar-refractivity contribution in [1.29, 1.82) is 0 Å². The molecule has 3 rings (SSSR count). The Morgan fingerprint density at radius 3 is 2.68 bits per heavy atom. The quantitative estimate of drug-likeness (QED) is 0.857. The third-order valence-electron chi connectivity index (χ3n) is 3.66. The zero-order valence-electron chi connectivity index (χ0n) is 11.9. The van der Waals surface area contributed by atoms with Crippen LogP contribution >= 0.6 is 23.8 Å². The van der Waals surface area contributed by atoms with Gasteiger partial charge in [0.25, 0.3) is 0 Å². The highest BCUT2D eigenvalue weighted by Gasteiger charge is 2.22. The fourth-order valence-corrected chi connectivity index (χ4v) is 3.00. The molecule has 112 valence electrons. The number of carbonyl (C=O) groups is 1. The predicted octanol–water partition coefficient (Wildman–Crippen LogP) is 3.35. The van der Waals surface area contributed by atoms with Crippen LogP contribution in [0.4, 0.5) is 5.69 Å². The predicted molar refractivity (Wildman–Crippen MR) is 93.4 cm³/mol. The number of amides is 1. The van der Waals surface area contributed by atoms with E-state index in [-0.39, 0.29) is 12.3 Å². The van der Waals surface area contributed by atoms with Gasteiger partial charge in [-0.2, -0.15) is 0 Å². The van der Waals surface area contributed by atoms with Crippen LogP contribution in [-0.2, 0) is 17.6 Å². The molecule has 22 heavy (non-hydrogen) atoms. The summed E-state index contributed by atoms with van der Waals surface area (Å²) in [5.41, 5.74) is 3.25. The van der Waals surface area contributed by atoms with Gasteiger partial charge in [-0.05, 0) is 48.0 Å². The van der Waals surface area contributed by atoms with E-state index in [1.807, 2.05) is 35.2 Å². The summed E-state index contributed by atoms with van der Waals surface area (Å²) in [6.07, 6.45) is 1.23. The average Bonchev–Trinajstić information content (AvgIpc) is 2.93. The summed E-state index contributed by atoms with van der Waals surface area (Å²) in [4.78, 5) is 14.1. The van der Waals surface area contributed by atoms with E-state index in [0.717, 1.165) is 24.2 Å². The summed E-state index contributed by atoms with van der Waals surface area (Å²) in [6.45, 7) is 0.805. The van der Waals surface area contributed by atoms with Gasteiger partial charge in [0.05, 0.1) is 6.42 Å². The lowest BCUT2D eigenvalue weighted by Gasteiger charge is -2.20. The summed E-state index contributed by atoms with van der Waals surface area (Å²) >= 11 is 11.2. The first kappa shape index (κ1) is 15.0. The van der Waals surface area contributed by atoms with Crippen molar-refractivity contribution in [3.05, 3.63) is 64.7 Å². The van der Waals surface area contributed by atoms with Gasteiger partial charge in [0.2, 0.25) is 5.91 Å². The van der Waals surface area contributed by atoms with Crippen molar-refractivity contribution in [2.45, 2.75) is 12.8 Å². The molecule has 0 aliphatic carbocycles. The molecular formula is C17H15ClN2OS. The van der Waals surface area contributed by atoms with E-state index in [4.69, 9.17) is 23.8 Å². The van der Waals surface area contributed by atoms with Gasteiger partial charge in [0, 0.05) is 17.3 Å². The minimum atomic E-state index is -0.114. The minimum Gasteiger partial charge on any atom is -0.318 e. The molecule has 0 unspecified atom stereocenters. The van der Waals surface area contributed by atoms with Crippen molar-refractivity contribution in [3.63, 3.8) is 0 Å². The number of carbonyl (C=O) groups excluding carboxylic acids is 1. The Hall–Kier alpha value is -1.91. The van der Waals surface area contributed by atoms with Gasteiger partial charge in [-0.3, -0.25) is 4.79 Å². The molecular weight excluding hydrogens is 316 g/mol. The summed E-state index contributed by atoms with van der Waals surface area (Å²) in [6, 6.07) is 15.4. The number of hydrogen-bond acceptors (Lipinski definition) is 2. The Morgan fingerprint density at radius 2 is 1.91 bits per heavy atom. The van der Waals surface area contributed by atoms with E-state index in [1.54, 1.807) is 12.1 Å². The van der Waals surface area contributed by atoms with Crippen LogP contribution in [0.5, 0.6) is 0 Å². The molecule has 1 N–H and O–H groups in total. The van der Waals surface area contributed by atoms with Crippen LogP contribution < -0.4 is 10.2 Å². The summed E-state index contributed by atoms with van der Waals surface area (Å²) in [5, 5.41) is 3.93. The highest BCUT2D eigenvalue weighted by atomic mass is 35.5. The Bertz CT molecular complexity index is 715. The maximum atomic E-state index is 12.1. The van der Waals surface area contributed by atoms with E-state index in [0.29, 0.717) is 10.1 Å². The van der Waals surface area contributed by atoms with Gasteiger partial charge >= 0.3 is 0 Å². The molecule has 5 heteroatoms. The van der Waals surface area contributed by atoms with Crippen molar-refractivity contribution in [2.24, 2.45) is 0 Å².